The summed E-state index contributed by atoms with van der Waals surface area (Å²) < 4.78 is 0. The van der Waals surface area contributed by atoms with Crippen molar-refractivity contribution < 1.29 is 0 Å². The van der Waals surface area contributed by atoms with Crippen LogP contribution in [0.2, 0.25) is 0 Å². The molecule has 1 atom stereocenters. The van der Waals surface area contributed by atoms with Crippen molar-refractivity contribution in [2.24, 2.45) is 5.41 Å². The summed E-state index contributed by atoms with van der Waals surface area (Å²) in [5, 5.41) is 14.2. The second-order valence-electron chi connectivity index (χ2n) is 11.9. The highest BCUT2D eigenvalue weighted by molar-refractivity contribution is 5.93. The fourth-order valence-electron chi connectivity index (χ4n) is 5.78. The molecule has 1 aromatic heterocycles. The van der Waals surface area contributed by atoms with Crippen LogP contribution in [0.3, 0.4) is 0 Å². The molecule has 0 aliphatic carbocycles. The second kappa shape index (κ2) is 11.2. The third kappa shape index (κ3) is 6.16. The largest absolute Gasteiger partial charge is 0.379 e. The zero-order chi connectivity index (χ0) is 27.6. The van der Waals surface area contributed by atoms with Crippen LogP contribution in [0.25, 0.3) is 27.7 Å². The molecule has 6 heteroatoms. The fourth-order valence-corrected chi connectivity index (χ4v) is 5.78. The summed E-state index contributed by atoms with van der Waals surface area (Å²) in [6, 6.07) is 19.7. The first-order valence-corrected chi connectivity index (χ1v) is 13.9. The van der Waals surface area contributed by atoms with E-state index in [1.165, 1.54) is 11.1 Å². The third-order valence-electron chi connectivity index (χ3n) is 8.14. The van der Waals surface area contributed by atoms with Gasteiger partial charge in [-0.05, 0) is 53.8 Å². The van der Waals surface area contributed by atoms with Crippen LogP contribution in [0.15, 0.2) is 73.6 Å². The Morgan fingerprint density at radius 2 is 1.77 bits per heavy atom. The fraction of sp³-hybridized carbons (Fsp3) is 0.394. The van der Waals surface area contributed by atoms with E-state index in [4.69, 9.17) is 0 Å². The number of likely N-dealkylation sites (N-methyl/N-ethyl adjacent to an activating group) is 1. The lowest BCUT2D eigenvalue weighted by Crippen LogP contribution is -2.43. The normalized spacial score (nSPS) is 19.6. The van der Waals surface area contributed by atoms with Gasteiger partial charge in [-0.25, -0.2) is 0 Å². The maximum Gasteiger partial charge on any atom is 0.117 e. The zero-order valence-electron chi connectivity index (χ0n) is 23.6. The van der Waals surface area contributed by atoms with Gasteiger partial charge in [0, 0.05) is 67.8 Å². The van der Waals surface area contributed by atoms with Crippen LogP contribution in [-0.2, 0) is 6.54 Å². The standard InChI is InChI=1S/C33H40N6/c1-24(39-23-33(3,4)19-29(39)20-34)21-36-25(2)30-12-13-35-32-11-10-28(18-31(30)32)27-8-6-26(7-9-27)22-38-16-14-37(5)15-17-38/h6-13,18,29,36H,1-2,14-17,19,21-23H2,3-5H3. The van der Waals surface area contributed by atoms with Crippen LogP contribution in [0.4, 0.5) is 0 Å². The van der Waals surface area contributed by atoms with E-state index in [1.54, 1.807) is 0 Å². The minimum Gasteiger partial charge on any atom is -0.379 e. The highest BCUT2D eigenvalue weighted by Gasteiger charge is 2.37. The topological polar surface area (TPSA) is 58.4 Å². The summed E-state index contributed by atoms with van der Waals surface area (Å²) >= 11 is 0. The quantitative estimate of drug-likeness (QED) is 0.432. The molecule has 6 nitrogen and oxygen atoms in total. The summed E-state index contributed by atoms with van der Waals surface area (Å²) in [6.07, 6.45) is 2.69. The molecule has 1 N–H and O–H groups in total. The van der Waals surface area contributed by atoms with Gasteiger partial charge in [-0.2, -0.15) is 5.26 Å². The molecule has 1 unspecified atom stereocenters. The lowest BCUT2D eigenvalue weighted by molar-refractivity contribution is 0.148. The number of pyridine rings is 1. The predicted octanol–water partition coefficient (Wildman–Crippen LogP) is 5.35. The van der Waals surface area contributed by atoms with Crippen molar-refractivity contribution in [1.29, 1.82) is 5.26 Å². The molecule has 0 spiro atoms. The Morgan fingerprint density at radius 1 is 1.05 bits per heavy atom. The highest BCUT2D eigenvalue weighted by atomic mass is 15.2. The van der Waals surface area contributed by atoms with Gasteiger partial charge in [0.05, 0.1) is 18.1 Å². The number of rotatable bonds is 8. The molecule has 2 aliphatic heterocycles. The van der Waals surface area contributed by atoms with Crippen molar-refractivity contribution in [3.8, 4) is 17.2 Å². The molecule has 3 heterocycles. The maximum atomic E-state index is 9.63. The van der Waals surface area contributed by atoms with Crippen LogP contribution in [0.5, 0.6) is 0 Å². The molecule has 0 bridgehead atoms. The van der Waals surface area contributed by atoms with E-state index in [9.17, 15) is 5.26 Å². The van der Waals surface area contributed by atoms with E-state index in [0.717, 1.165) is 79.1 Å². The lowest BCUT2D eigenvalue weighted by atomic mass is 9.91. The molecule has 39 heavy (non-hydrogen) atoms. The first-order chi connectivity index (χ1) is 18.7. The molecular formula is C33H40N6. The van der Waals surface area contributed by atoms with Crippen molar-refractivity contribution in [1.82, 2.24) is 25.0 Å². The summed E-state index contributed by atoms with van der Waals surface area (Å²) in [7, 11) is 2.19. The van der Waals surface area contributed by atoms with Crippen LogP contribution < -0.4 is 5.32 Å². The molecule has 2 aromatic carbocycles. The van der Waals surface area contributed by atoms with Gasteiger partial charge < -0.3 is 15.1 Å². The van der Waals surface area contributed by atoms with Gasteiger partial charge in [0.2, 0.25) is 0 Å². The number of fused-ring (bicyclic) bond motifs is 1. The Morgan fingerprint density at radius 3 is 2.49 bits per heavy atom. The van der Waals surface area contributed by atoms with Crippen LogP contribution >= 0.6 is 0 Å². The number of hydrogen-bond donors (Lipinski definition) is 1. The minimum atomic E-state index is -0.125. The average Bonchev–Trinajstić information content (AvgIpc) is 3.27. The Labute approximate surface area is 233 Å². The number of nitriles is 1. The maximum absolute atomic E-state index is 9.63. The number of nitrogens with zero attached hydrogens (tertiary/aromatic N) is 5. The number of nitrogens with one attached hydrogen (secondary N) is 1. The summed E-state index contributed by atoms with van der Waals surface area (Å²) in [6.45, 7) is 19.9. The minimum absolute atomic E-state index is 0.112. The van der Waals surface area contributed by atoms with Gasteiger partial charge in [0.15, 0.2) is 0 Å². The summed E-state index contributed by atoms with van der Waals surface area (Å²) in [5.41, 5.74) is 7.54. The molecular weight excluding hydrogens is 480 g/mol. The second-order valence-corrected chi connectivity index (χ2v) is 11.9. The Balaban J connectivity index is 1.28. The lowest BCUT2D eigenvalue weighted by Gasteiger charge is -2.32. The molecule has 3 aromatic rings. The molecule has 0 amide bonds. The number of hydrogen-bond acceptors (Lipinski definition) is 6. The zero-order valence-corrected chi connectivity index (χ0v) is 23.6. The molecule has 5 rings (SSSR count). The predicted molar refractivity (Wildman–Crippen MR) is 161 cm³/mol. The van der Waals surface area contributed by atoms with Gasteiger partial charge in [-0.15, -0.1) is 0 Å². The Bertz CT molecular complexity index is 1390. The number of likely N-dealkylation sites (tertiary alicyclic amines) is 1. The van der Waals surface area contributed by atoms with Crippen LogP contribution in [-0.4, -0.2) is 72.0 Å². The molecule has 2 fully saturated rings. The first kappa shape index (κ1) is 26.9. The van der Waals surface area contributed by atoms with Gasteiger partial charge in [-0.3, -0.25) is 9.88 Å². The molecule has 0 saturated carbocycles. The first-order valence-electron chi connectivity index (χ1n) is 13.9. The van der Waals surface area contributed by atoms with Crippen molar-refractivity contribution in [2.45, 2.75) is 32.9 Å². The van der Waals surface area contributed by atoms with E-state index in [0.29, 0.717) is 6.54 Å². The van der Waals surface area contributed by atoms with Crippen molar-refractivity contribution in [3.63, 3.8) is 0 Å². The SMILES string of the molecule is C=C(NCC(=C)N1CC(C)(C)CC1C#N)c1ccnc2ccc(-c3ccc(CN4CCN(C)CC4)cc3)cc12. The molecule has 0 radical (unpaired) electrons. The molecule has 2 saturated heterocycles. The van der Waals surface area contributed by atoms with Crippen LogP contribution in [0.1, 0.15) is 31.4 Å². The summed E-state index contributed by atoms with van der Waals surface area (Å²) in [5.74, 6) is 0. The number of benzene rings is 2. The van der Waals surface area contributed by atoms with E-state index in [1.807, 2.05) is 12.3 Å². The summed E-state index contributed by atoms with van der Waals surface area (Å²) in [4.78, 5) is 11.7. The van der Waals surface area contributed by atoms with Gasteiger partial charge in [-0.1, -0.05) is 57.3 Å². The van der Waals surface area contributed by atoms with E-state index in [-0.39, 0.29) is 11.5 Å². The smallest absolute Gasteiger partial charge is 0.117 e. The van der Waals surface area contributed by atoms with Gasteiger partial charge in [0.25, 0.3) is 0 Å². The Kier molecular flexibility index (Phi) is 7.74. The monoisotopic (exact) mass is 520 g/mol. The molecule has 202 valence electrons. The number of aromatic nitrogens is 1. The van der Waals surface area contributed by atoms with E-state index in [2.05, 4.69) is 108 Å². The highest BCUT2D eigenvalue weighted by Crippen LogP contribution is 2.35. The number of piperazine rings is 1. The average molecular weight is 521 g/mol. The van der Waals surface area contributed by atoms with Crippen molar-refractivity contribution in [3.05, 3.63) is 84.7 Å². The molecule has 2 aliphatic rings. The van der Waals surface area contributed by atoms with E-state index < -0.39 is 0 Å². The Hall–Kier alpha value is -3.66. The van der Waals surface area contributed by atoms with Gasteiger partial charge >= 0.3 is 0 Å². The van der Waals surface area contributed by atoms with E-state index >= 15 is 0 Å². The van der Waals surface area contributed by atoms with Crippen molar-refractivity contribution >= 4 is 16.6 Å². The van der Waals surface area contributed by atoms with Crippen molar-refractivity contribution in [2.75, 3.05) is 46.3 Å². The van der Waals surface area contributed by atoms with Crippen LogP contribution in [0, 0.1) is 16.7 Å². The third-order valence-corrected chi connectivity index (χ3v) is 8.14. The van der Waals surface area contributed by atoms with Gasteiger partial charge in [0.1, 0.15) is 6.04 Å².